The van der Waals surface area contributed by atoms with Gasteiger partial charge in [-0.25, -0.2) is 17.8 Å². The first-order chi connectivity index (χ1) is 11.9. The number of aromatic amines is 1. The Labute approximate surface area is 147 Å². The summed E-state index contributed by atoms with van der Waals surface area (Å²) in [5.41, 5.74) is 3.74. The lowest BCUT2D eigenvalue weighted by Gasteiger charge is -2.07. The number of fused-ring (bicyclic) bond motifs is 1. The number of aromatic nitrogens is 2. The lowest BCUT2D eigenvalue weighted by Crippen LogP contribution is -2.42. The van der Waals surface area contributed by atoms with Gasteiger partial charge in [-0.1, -0.05) is 23.9 Å². The Hall–Kier alpha value is -2.43. The molecule has 10 heteroatoms. The van der Waals surface area contributed by atoms with Gasteiger partial charge in [-0.3, -0.25) is 10.2 Å². The number of nitrogens with one attached hydrogen (secondary N) is 3. The standard InChI is InChI=1S/C15H13FN4O3S2/c16-10-5-7-11(8-6-10)25(22,23)20-19-14(21)9-24-15-17-12-3-1-2-4-13(12)18-15/h1-8,20H,9H2,(H,17,18)(H,19,21). The van der Waals surface area contributed by atoms with Crippen molar-refractivity contribution in [1.29, 1.82) is 0 Å². The highest BCUT2D eigenvalue weighted by Crippen LogP contribution is 2.18. The highest BCUT2D eigenvalue weighted by Gasteiger charge is 2.15. The molecule has 0 aliphatic heterocycles. The molecular formula is C15H13FN4O3S2. The number of nitrogens with zero attached hydrogens (tertiary/aromatic N) is 1. The summed E-state index contributed by atoms with van der Waals surface area (Å²) >= 11 is 1.14. The highest BCUT2D eigenvalue weighted by atomic mass is 32.2. The number of amides is 1. The van der Waals surface area contributed by atoms with Crippen molar-refractivity contribution in [2.24, 2.45) is 0 Å². The van der Waals surface area contributed by atoms with Crippen molar-refractivity contribution in [3.63, 3.8) is 0 Å². The van der Waals surface area contributed by atoms with Gasteiger partial charge in [0.25, 0.3) is 10.0 Å². The molecule has 0 atom stereocenters. The Morgan fingerprint density at radius 1 is 1.16 bits per heavy atom. The minimum absolute atomic E-state index is 0.0360. The van der Waals surface area contributed by atoms with E-state index in [1.807, 2.05) is 29.1 Å². The van der Waals surface area contributed by atoms with E-state index < -0.39 is 21.7 Å². The topological polar surface area (TPSA) is 104 Å². The second-order valence-electron chi connectivity index (χ2n) is 4.96. The Balaban J connectivity index is 1.54. The van der Waals surface area contributed by atoms with Crippen LogP contribution in [0.4, 0.5) is 4.39 Å². The van der Waals surface area contributed by atoms with Crippen LogP contribution in [0.5, 0.6) is 0 Å². The average molecular weight is 380 g/mol. The van der Waals surface area contributed by atoms with E-state index in [-0.39, 0.29) is 10.6 Å². The van der Waals surface area contributed by atoms with E-state index >= 15 is 0 Å². The van der Waals surface area contributed by atoms with Crippen LogP contribution in [0.25, 0.3) is 11.0 Å². The number of rotatable bonds is 6. The molecule has 1 heterocycles. The molecule has 0 spiro atoms. The summed E-state index contributed by atoms with van der Waals surface area (Å²) in [7, 11) is -3.96. The van der Waals surface area contributed by atoms with Crippen LogP contribution in [0.1, 0.15) is 0 Å². The van der Waals surface area contributed by atoms with Crippen LogP contribution in [-0.4, -0.2) is 30.0 Å². The monoisotopic (exact) mass is 380 g/mol. The lowest BCUT2D eigenvalue weighted by atomic mass is 10.3. The molecular weight excluding hydrogens is 367 g/mol. The zero-order chi connectivity index (χ0) is 17.9. The normalized spacial score (nSPS) is 11.6. The average Bonchev–Trinajstić information content (AvgIpc) is 3.01. The largest absolute Gasteiger partial charge is 0.333 e. The molecule has 25 heavy (non-hydrogen) atoms. The zero-order valence-corrected chi connectivity index (χ0v) is 14.3. The molecule has 3 aromatic rings. The van der Waals surface area contributed by atoms with Gasteiger partial charge in [0.1, 0.15) is 5.82 Å². The number of hydrogen-bond acceptors (Lipinski definition) is 5. The summed E-state index contributed by atoms with van der Waals surface area (Å²) in [5, 5.41) is 0.553. The summed E-state index contributed by atoms with van der Waals surface area (Å²) in [6, 6.07) is 11.7. The third kappa shape index (κ3) is 4.35. The molecule has 0 unspecified atom stereocenters. The van der Waals surface area contributed by atoms with Crippen molar-refractivity contribution >= 4 is 38.7 Å². The molecule has 0 saturated heterocycles. The zero-order valence-electron chi connectivity index (χ0n) is 12.7. The lowest BCUT2D eigenvalue weighted by molar-refractivity contribution is -0.119. The van der Waals surface area contributed by atoms with Crippen LogP contribution in [-0.2, 0) is 14.8 Å². The van der Waals surface area contributed by atoms with Gasteiger partial charge in [0, 0.05) is 0 Å². The second kappa shape index (κ2) is 7.21. The Morgan fingerprint density at radius 3 is 2.60 bits per heavy atom. The molecule has 1 aromatic heterocycles. The summed E-state index contributed by atoms with van der Waals surface area (Å²) < 4.78 is 36.8. The van der Waals surface area contributed by atoms with Crippen molar-refractivity contribution in [2.45, 2.75) is 10.1 Å². The fourth-order valence-electron chi connectivity index (χ4n) is 1.96. The van der Waals surface area contributed by atoms with E-state index in [0.29, 0.717) is 5.16 Å². The van der Waals surface area contributed by atoms with E-state index in [1.54, 1.807) is 0 Å². The fourth-order valence-corrected chi connectivity index (χ4v) is 3.51. The maximum atomic E-state index is 12.8. The summed E-state index contributed by atoms with van der Waals surface area (Å²) in [5.74, 6) is -1.13. The summed E-state index contributed by atoms with van der Waals surface area (Å²) in [6.07, 6.45) is 0. The van der Waals surface area contributed by atoms with E-state index in [0.717, 1.165) is 47.1 Å². The van der Waals surface area contributed by atoms with Crippen LogP contribution in [0, 0.1) is 5.82 Å². The molecule has 7 nitrogen and oxygen atoms in total. The van der Waals surface area contributed by atoms with Gasteiger partial charge in [0.05, 0.1) is 21.7 Å². The molecule has 130 valence electrons. The minimum atomic E-state index is -3.96. The quantitative estimate of drug-likeness (QED) is 0.447. The molecule has 0 radical (unpaired) electrons. The SMILES string of the molecule is O=C(CSc1nc2ccccc2[nH]1)NNS(=O)(=O)c1ccc(F)cc1. The Bertz CT molecular complexity index is 970. The molecule has 0 aliphatic rings. The van der Waals surface area contributed by atoms with Crippen molar-refractivity contribution in [1.82, 2.24) is 20.2 Å². The van der Waals surface area contributed by atoms with Gasteiger partial charge in [-0.05, 0) is 36.4 Å². The van der Waals surface area contributed by atoms with Crippen LogP contribution in [0.2, 0.25) is 0 Å². The molecule has 0 aliphatic carbocycles. The maximum Gasteiger partial charge on any atom is 0.257 e. The number of sulfonamides is 1. The predicted octanol–water partition coefficient (Wildman–Crippen LogP) is 1.80. The Morgan fingerprint density at radius 2 is 1.88 bits per heavy atom. The van der Waals surface area contributed by atoms with Crippen LogP contribution >= 0.6 is 11.8 Å². The molecule has 0 fully saturated rings. The van der Waals surface area contributed by atoms with Crippen LogP contribution < -0.4 is 10.3 Å². The third-order valence-electron chi connectivity index (χ3n) is 3.16. The molecule has 0 saturated carbocycles. The van der Waals surface area contributed by atoms with E-state index in [1.165, 1.54) is 0 Å². The first-order valence-electron chi connectivity index (χ1n) is 7.08. The smallest absolute Gasteiger partial charge is 0.257 e. The molecule has 3 rings (SSSR count). The number of imidazole rings is 1. The minimum Gasteiger partial charge on any atom is -0.333 e. The predicted molar refractivity (Wildman–Crippen MR) is 91.7 cm³/mol. The first-order valence-corrected chi connectivity index (χ1v) is 9.55. The van der Waals surface area contributed by atoms with E-state index in [2.05, 4.69) is 15.4 Å². The van der Waals surface area contributed by atoms with Gasteiger partial charge >= 0.3 is 0 Å². The number of halogens is 1. The number of carbonyl (C=O) groups is 1. The van der Waals surface area contributed by atoms with Gasteiger partial charge < -0.3 is 4.98 Å². The molecule has 2 aromatic carbocycles. The van der Waals surface area contributed by atoms with Crippen LogP contribution in [0.3, 0.4) is 0 Å². The number of H-pyrrole nitrogens is 1. The number of carbonyl (C=O) groups excluding carboxylic acids is 1. The van der Waals surface area contributed by atoms with Crippen molar-refractivity contribution in [2.75, 3.05) is 5.75 Å². The van der Waals surface area contributed by atoms with Crippen molar-refractivity contribution in [3.05, 3.63) is 54.3 Å². The first kappa shape index (κ1) is 17.4. The Kier molecular flexibility index (Phi) is 5.02. The third-order valence-corrected chi connectivity index (χ3v) is 5.29. The van der Waals surface area contributed by atoms with Crippen molar-refractivity contribution in [3.8, 4) is 0 Å². The van der Waals surface area contributed by atoms with Crippen LogP contribution in [0.15, 0.2) is 58.6 Å². The van der Waals surface area contributed by atoms with Gasteiger partial charge in [-0.15, -0.1) is 4.83 Å². The fraction of sp³-hybridized carbons (Fsp3) is 0.0667. The van der Waals surface area contributed by atoms with Gasteiger partial charge in [-0.2, -0.15) is 0 Å². The number of hydrazine groups is 1. The molecule has 3 N–H and O–H groups in total. The van der Waals surface area contributed by atoms with E-state index in [4.69, 9.17) is 0 Å². The van der Waals surface area contributed by atoms with Crippen molar-refractivity contribution < 1.29 is 17.6 Å². The number of thioether (sulfide) groups is 1. The maximum absolute atomic E-state index is 12.8. The van der Waals surface area contributed by atoms with E-state index in [9.17, 15) is 17.6 Å². The van der Waals surface area contributed by atoms with Gasteiger partial charge in [0.2, 0.25) is 5.91 Å². The summed E-state index contributed by atoms with van der Waals surface area (Å²) in [4.78, 5) is 21.0. The number of benzene rings is 2. The number of para-hydroxylation sites is 2. The van der Waals surface area contributed by atoms with Gasteiger partial charge in [0.15, 0.2) is 5.16 Å². The summed E-state index contributed by atoms with van der Waals surface area (Å²) in [6.45, 7) is 0. The highest BCUT2D eigenvalue weighted by molar-refractivity contribution is 7.99. The second-order valence-corrected chi connectivity index (χ2v) is 7.60. The molecule has 0 bridgehead atoms. The number of hydrogen-bond donors (Lipinski definition) is 3. The molecule has 1 amide bonds.